The maximum absolute atomic E-state index is 12.9. The zero-order valence-electron chi connectivity index (χ0n) is 15.2. The summed E-state index contributed by atoms with van der Waals surface area (Å²) in [6, 6.07) is 16.5. The van der Waals surface area contributed by atoms with E-state index in [0.717, 1.165) is 16.9 Å². The number of hydrogen-bond acceptors (Lipinski definition) is 4. The Hall–Kier alpha value is -2.37. The van der Waals surface area contributed by atoms with Gasteiger partial charge < -0.3 is 14.7 Å². The zero-order chi connectivity index (χ0) is 18.4. The van der Waals surface area contributed by atoms with Gasteiger partial charge in [0.15, 0.2) is 0 Å². The summed E-state index contributed by atoms with van der Waals surface area (Å²) in [6.45, 7) is 0.225. The van der Waals surface area contributed by atoms with Crippen LogP contribution in [0.1, 0.15) is 23.3 Å². The third-order valence-electron chi connectivity index (χ3n) is 4.19. The van der Waals surface area contributed by atoms with Gasteiger partial charge in [-0.05, 0) is 37.4 Å². The van der Waals surface area contributed by atoms with Crippen LogP contribution in [0.5, 0.6) is 5.75 Å². The summed E-state index contributed by atoms with van der Waals surface area (Å²) in [5, 5.41) is 10.4. The minimum absolute atomic E-state index is 0.0521. The van der Waals surface area contributed by atoms with Gasteiger partial charge >= 0.3 is 0 Å². The lowest BCUT2D eigenvalue weighted by atomic mass is 10.0. The van der Waals surface area contributed by atoms with Crippen molar-refractivity contribution in [3.63, 3.8) is 0 Å². The number of ether oxygens (including phenoxy) is 1. The number of carbonyl (C=O) groups excluding carboxylic acids is 1. The summed E-state index contributed by atoms with van der Waals surface area (Å²) in [7, 11) is 7.07. The molecule has 0 aromatic heterocycles. The quantitative estimate of drug-likeness (QED) is 0.840. The highest BCUT2D eigenvalue weighted by Crippen LogP contribution is 2.23. The topological polar surface area (TPSA) is 53.0 Å². The number of amides is 1. The van der Waals surface area contributed by atoms with Crippen LogP contribution < -0.4 is 4.74 Å². The van der Waals surface area contributed by atoms with E-state index in [2.05, 4.69) is 0 Å². The van der Waals surface area contributed by atoms with Crippen LogP contribution >= 0.6 is 0 Å². The first-order valence-corrected chi connectivity index (χ1v) is 8.22. The van der Waals surface area contributed by atoms with Crippen molar-refractivity contribution in [1.29, 1.82) is 0 Å². The molecular formula is C20H26N2O3. The summed E-state index contributed by atoms with van der Waals surface area (Å²) in [6.07, 6.45) is -0.751. The highest BCUT2D eigenvalue weighted by Gasteiger charge is 2.27. The maximum atomic E-state index is 12.9. The van der Waals surface area contributed by atoms with Gasteiger partial charge in [0.2, 0.25) is 5.91 Å². The largest absolute Gasteiger partial charge is 0.497 e. The van der Waals surface area contributed by atoms with Crippen LogP contribution in [0.3, 0.4) is 0 Å². The third-order valence-corrected chi connectivity index (χ3v) is 4.19. The molecule has 5 nitrogen and oxygen atoms in total. The number of nitrogens with zero attached hydrogens (tertiary/aromatic N) is 2. The predicted molar refractivity (Wildman–Crippen MR) is 98.5 cm³/mol. The molecule has 0 radical (unpaired) electrons. The first-order valence-electron chi connectivity index (χ1n) is 8.22. The molecule has 0 heterocycles. The van der Waals surface area contributed by atoms with Crippen molar-refractivity contribution < 1.29 is 14.6 Å². The minimum Gasteiger partial charge on any atom is -0.497 e. The fourth-order valence-corrected chi connectivity index (χ4v) is 2.79. The second kappa shape index (κ2) is 8.65. The van der Waals surface area contributed by atoms with E-state index in [9.17, 15) is 9.90 Å². The molecule has 25 heavy (non-hydrogen) atoms. The molecule has 0 spiro atoms. The standard InChI is InChI=1S/C20H26N2O3/c1-21(2)19(16-8-6-5-7-9-16)20(24)22(3)14-18(23)15-10-12-17(25-4)13-11-15/h5-13,18-19,23H,14H2,1-4H3. The lowest BCUT2D eigenvalue weighted by Crippen LogP contribution is -2.40. The summed E-state index contributed by atoms with van der Waals surface area (Å²) in [5.41, 5.74) is 1.69. The van der Waals surface area contributed by atoms with Gasteiger partial charge in [-0.25, -0.2) is 0 Å². The van der Waals surface area contributed by atoms with E-state index >= 15 is 0 Å². The predicted octanol–water partition coefficient (Wildman–Crippen LogP) is 2.49. The molecule has 0 saturated heterocycles. The molecule has 0 aliphatic rings. The van der Waals surface area contributed by atoms with Gasteiger partial charge in [0.05, 0.1) is 19.8 Å². The molecule has 2 aromatic carbocycles. The van der Waals surface area contributed by atoms with Crippen molar-refractivity contribution in [1.82, 2.24) is 9.80 Å². The number of methoxy groups -OCH3 is 1. The Kier molecular flexibility index (Phi) is 6.56. The Balaban J connectivity index is 2.09. The fraction of sp³-hybridized carbons (Fsp3) is 0.350. The second-order valence-corrected chi connectivity index (χ2v) is 6.28. The maximum Gasteiger partial charge on any atom is 0.244 e. The zero-order valence-corrected chi connectivity index (χ0v) is 15.2. The highest BCUT2D eigenvalue weighted by molar-refractivity contribution is 5.83. The Morgan fingerprint density at radius 1 is 1.00 bits per heavy atom. The van der Waals surface area contributed by atoms with Crippen molar-refractivity contribution in [2.24, 2.45) is 0 Å². The van der Waals surface area contributed by atoms with Crippen LogP contribution in [0.4, 0.5) is 0 Å². The number of aliphatic hydroxyl groups is 1. The molecule has 134 valence electrons. The van der Waals surface area contributed by atoms with E-state index in [4.69, 9.17) is 4.74 Å². The lowest BCUT2D eigenvalue weighted by Gasteiger charge is -2.30. The Labute approximate surface area is 149 Å². The molecule has 0 aliphatic carbocycles. The molecule has 2 unspecified atom stereocenters. The Bertz CT molecular complexity index is 671. The molecule has 2 rings (SSSR count). The van der Waals surface area contributed by atoms with Gasteiger partial charge in [-0.2, -0.15) is 0 Å². The van der Waals surface area contributed by atoms with Crippen LogP contribution in [-0.2, 0) is 4.79 Å². The van der Waals surface area contributed by atoms with Crippen LogP contribution in [0.2, 0.25) is 0 Å². The smallest absolute Gasteiger partial charge is 0.244 e. The summed E-state index contributed by atoms with van der Waals surface area (Å²) < 4.78 is 5.12. The summed E-state index contributed by atoms with van der Waals surface area (Å²) >= 11 is 0. The van der Waals surface area contributed by atoms with E-state index in [0.29, 0.717) is 0 Å². The number of hydrogen-bond donors (Lipinski definition) is 1. The third kappa shape index (κ3) is 4.81. The van der Waals surface area contributed by atoms with Gasteiger partial charge in [0.1, 0.15) is 11.8 Å². The number of rotatable bonds is 7. The second-order valence-electron chi connectivity index (χ2n) is 6.28. The monoisotopic (exact) mass is 342 g/mol. The van der Waals surface area contributed by atoms with Crippen LogP contribution in [-0.4, -0.2) is 55.6 Å². The van der Waals surface area contributed by atoms with Gasteiger partial charge in [0.25, 0.3) is 0 Å². The molecule has 5 heteroatoms. The molecule has 0 bridgehead atoms. The van der Waals surface area contributed by atoms with Crippen LogP contribution in [0, 0.1) is 0 Å². The van der Waals surface area contributed by atoms with Crippen molar-refractivity contribution in [2.75, 3.05) is 34.8 Å². The number of benzene rings is 2. The minimum atomic E-state index is -0.751. The van der Waals surface area contributed by atoms with Gasteiger partial charge in [-0.1, -0.05) is 42.5 Å². The average Bonchev–Trinajstić information content (AvgIpc) is 2.62. The fourth-order valence-electron chi connectivity index (χ4n) is 2.79. The van der Waals surface area contributed by atoms with Gasteiger partial charge in [-0.15, -0.1) is 0 Å². The van der Waals surface area contributed by atoms with E-state index in [1.54, 1.807) is 31.2 Å². The van der Waals surface area contributed by atoms with Crippen molar-refractivity contribution in [3.05, 3.63) is 65.7 Å². The van der Waals surface area contributed by atoms with E-state index in [1.165, 1.54) is 0 Å². The SMILES string of the molecule is COc1ccc(C(O)CN(C)C(=O)C(c2ccccc2)N(C)C)cc1. The van der Waals surface area contributed by atoms with Gasteiger partial charge in [-0.3, -0.25) is 9.69 Å². The molecule has 2 aromatic rings. The molecule has 0 fully saturated rings. The Morgan fingerprint density at radius 3 is 2.12 bits per heavy atom. The molecular weight excluding hydrogens is 316 g/mol. The van der Waals surface area contributed by atoms with Crippen LogP contribution in [0.25, 0.3) is 0 Å². The van der Waals surface area contributed by atoms with E-state index in [-0.39, 0.29) is 18.5 Å². The normalized spacial score (nSPS) is 13.4. The number of carbonyl (C=O) groups is 1. The lowest BCUT2D eigenvalue weighted by molar-refractivity contribution is -0.136. The number of likely N-dealkylation sites (N-methyl/N-ethyl adjacent to an activating group) is 2. The van der Waals surface area contributed by atoms with Gasteiger partial charge in [0, 0.05) is 7.05 Å². The van der Waals surface area contributed by atoms with E-state index < -0.39 is 6.10 Å². The average molecular weight is 342 g/mol. The summed E-state index contributed by atoms with van der Waals surface area (Å²) in [5.74, 6) is 0.681. The first kappa shape index (κ1) is 19.0. The van der Waals surface area contributed by atoms with Crippen molar-refractivity contribution in [3.8, 4) is 5.75 Å². The number of aliphatic hydroxyl groups excluding tert-OH is 1. The Morgan fingerprint density at radius 2 is 1.60 bits per heavy atom. The van der Waals surface area contributed by atoms with Crippen molar-refractivity contribution >= 4 is 5.91 Å². The molecule has 1 N–H and O–H groups in total. The van der Waals surface area contributed by atoms with Crippen LogP contribution in [0.15, 0.2) is 54.6 Å². The van der Waals surface area contributed by atoms with E-state index in [1.807, 2.05) is 61.5 Å². The molecule has 0 saturated carbocycles. The van der Waals surface area contributed by atoms with Crippen molar-refractivity contribution in [2.45, 2.75) is 12.1 Å². The molecule has 0 aliphatic heterocycles. The highest BCUT2D eigenvalue weighted by atomic mass is 16.5. The molecule has 1 amide bonds. The first-order chi connectivity index (χ1) is 11.9. The molecule has 2 atom stereocenters. The summed E-state index contributed by atoms with van der Waals surface area (Å²) in [4.78, 5) is 16.4.